The van der Waals surface area contributed by atoms with E-state index >= 15 is 0 Å². The Morgan fingerprint density at radius 1 is 1.11 bits per heavy atom. The van der Waals surface area contributed by atoms with Gasteiger partial charge in [-0.05, 0) is 49.9 Å². The van der Waals surface area contributed by atoms with Crippen LogP contribution in [0.25, 0.3) is 6.08 Å². The van der Waals surface area contributed by atoms with E-state index in [1.807, 2.05) is 59.7 Å². The van der Waals surface area contributed by atoms with Crippen molar-refractivity contribution in [2.75, 3.05) is 18.4 Å². The van der Waals surface area contributed by atoms with E-state index in [0.29, 0.717) is 25.6 Å². The van der Waals surface area contributed by atoms with Crippen LogP contribution in [0.15, 0.2) is 47.3 Å². The summed E-state index contributed by atoms with van der Waals surface area (Å²) in [6.45, 7) is 6.02. The molecule has 140 valence electrons. The van der Waals surface area contributed by atoms with E-state index in [4.69, 9.17) is 0 Å². The van der Waals surface area contributed by atoms with Gasteiger partial charge in [-0.1, -0.05) is 29.8 Å². The highest BCUT2D eigenvalue weighted by atomic mass is 16.2. The van der Waals surface area contributed by atoms with E-state index in [1.165, 1.54) is 5.56 Å². The number of amides is 2. The second kappa shape index (κ2) is 7.06. The van der Waals surface area contributed by atoms with Crippen molar-refractivity contribution in [1.82, 2.24) is 9.47 Å². The van der Waals surface area contributed by atoms with Crippen LogP contribution < -0.4 is 10.9 Å². The molecule has 1 aromatic carbocycles. The zero-order valence-electron chi connectivity index (χ0n) is 15.8. The normalized spacial score (nSPS) is 21.2. The van der Waals surface area contributed by atoms with Crippen LogP contribution in [0.4, 0.5) is 10.5 Å². The lowest BCUT2D eigenvalue weighted by molar-refractivity contribution is 0.139. The number of hydrogen-bond donors (Lipinski definition) is 1. The molecule has 2 aromatic rings. The zero-order chi connectivity index (χ0) is 19.0. The molecule has 1 fully saturated rings. The van der Waals surface area contributed by atoms with Crippen molar-refractivity contribution in [3.8, 4) is 0 Å². The fourth-order valence-electron chi connectivity index (χ4n) is 4.37. The number of aromatic nitrogens is 1. The Hall–Kier alpha value is -2.82. The van der Waals surface area contributed by atoms with Gasteiger partial charge in [0.25, 0.3) is 5.56 Å². The Morgan fingerprint density at radius 2 is 1.89 bits per heavy atom. The Labute approximate surface area is 159 Å². The third-order valence-electron chi connectivity index (χ3n) is 5.56. The number of nitrogens with one attached hydrogen (secondary N) is 1. The summed E-state index contributed by atoms with van der Waals surface area (Å²) < 4.78 is 1.92. The predicted molar refractivity (Wildman–Crippen MR) is 108 cm³/mol. The molecule has 4 rings (SSSR count). The summed E-state index contributed by atoms with van der Waals surface area (Å²) >= 11 is 0. The van der Waals surface area contributed by atoms with Crippen LogP contribution in [0.2, 0.25) is 0 Å². The van der Waals surface area contributed by atoms with Gasteiger partial charge in [-0.3, -0.25) is 4.79 Å². The number of piperidine rings is 1. The number of urea groups is 1. The number of nitrogens with zero attached hydrogens (tertiary/aromatic N) is 2. The number of fused-ring (bicyclic) bond motifs is 4. The number of pyridine rings is 1. The van der Waals surface area contributed by atoms with Crippen LogP contribution in [0.3, 0.4) is 0 Å². The lowest BCUT2D eigenvalue weighted by atomic mass is 9.81. The smallest absolute Gasteiger partial charge is 0.321 e. The van der Waals surface area contributed by atoms with Crippen molar-refractivity contribution >= 4 is 17.8 Å². The zero-order valence-corrected chi connectivity index (χ0v) is 15.8. The molecule has 5 heteroatoms. The van der Waals surface area contributed by atoms with Gasteiger partial charge < -0.3 is 14.8 Å². The first kappa shape index (κ1) is 17.6. The first-order valence-electron chi connectivity index (χ1n) is 9.54. The third kappa shape index (κ3) is 3.42. The number of carbonyl (C=O) groups is 1. The topological polar surface area (TPSA) is 54.3 Å². The summed E-state index contributed by atoms with van der Waals surface area (Å²) in [5, 5.41) is 3.01. The molecule has 0 radical (unpaired) electrons. The number of aryl methyl sites for hydroxylation is 1. The number of allylic oxidation sites excluding steroid dienone is 1. The maximum Gasteiger partial charge on any atom is 0.321 e. The van der Waals surface area contributed by atoms with Crippen LogP contribution in [-0.2, 0) is 6.54 Å². The molecular formula is C22H25N3O2. The van der Waals surface area contributed by atoms with Crippen molar-refractivity contribution in [3.05, 3.63) is 69.6 Å². The first-order chi connectivity index (χ1) is 13.0. The number of benzene rings is 1. The summed E-state index contributed by atoms with van der Waals surface area (Å²) in [7, 11) is 0. The van der Waals surface area contributed by atoms with Gasteiger partial charge >= 0.3 is 6.03 Å². The molecule has 2 atom stereocenters. The highest BCUT2D eigenvalue weighted by molar-refractivity contribution is 5.89. The predicted octanol–water partition coefficient (Wildman–Crippen LogP) is 3.84. The third-order valence-corrected chi connectivity index (χ3v) is 5.56. The highest BCUT2D eigenvalue weighted by Crippen LogP contribution is 2.37. The van der Waals surface area contributed by atoms with Gasteiger partial charge in [0.2, 0.25) is 0 Å². The largest absolute Gasteiger partial charge is 0.324 e. The SMILES string of the molecule is C/C=C/c1ccc(=O)n2c1[C@@H]1C[C@@H](CN(C(=O)Nc3ccc(C)cc3)C1)C2. The molecule has 0 saturated carbocycles. The molecule has 5 nitrogen and oxygen atoms in total. The monoisotopic (exact) mass is 363 g/mol. The van der Waals surface area contributed by atoms with Crippen molar-refractivity contribution in [2.24, 2.45) is 5.92 Å². The van der Waals surface area contributed by atoms with Crippen LogP contribution in [-0.4, -0.2) is 28.6 Å². The second-order valence-corrected chi connectivity index (χ2v) is 7.62. The summed E-state index contributed by atoms with van der Waals surface area (Å²) in [4.78, 5) is 27.1. The fourth-order valence-corrected chi connectivity index (χ4v) is 4.37. The van der Waals surface area contributed by atoms with E-state index in [1.54, 1.807) is 6.07 Å². The Morgan fingerprint density at radius 3 is 2.63 bits per heavy atom. The molecule has 1 aromatic heterocycles. The average Bonchev–Trinajstić information content (AvgIpc) is 2.66. The molecule has 0 unspecified atom stereocenters. The molecule has 3 heterocycles. The molecule has 0 spiro atoms. The lowest BCUT2D eigenvalue weighted by Crippen LogP contribution is -2.50. The first-order valence-corrected chi connectivity index (χ1v) is 9.54. The minimum atomic E-state index is -0.0622. The maximum atomic E-state index is 12.8. The van der Waals surface area contributed by atoms with Crippen molar-refractivity contribution in [2.45, 2.75) is 32.7 Å². The lowest BCUT2D eigenvalue weighted by Gasteiger charge is -2.43. The number of hydrogen-bond acceptors (Lipinski definition) is 2. The minimum absolute atomic E-state index is 0.0607. The quantitative estimate of drug-likeness (QED) is 0.881. The van der Waals surface area contributed by atoms with E-state index < -0.39 is 0 Å². The van der Waals surface area contributed by atoms with Crippen molar-refractivity contribution in [3.63, 3.8) is 0 Å². The Bertz CT molecular complexity index is 943. The second-order valence-electron chi connectivity index (χ2n) is 7.62. The Balaban J connectivity index is 1.58. The van der Waals surface area contributed by atoms with Crippen LogP contribution in [0.1, 0.15) is 36.1 Å². The van der Waals surface area contributed by atoms with Gasteiger partial charge in [0.05, 0.1) is 0 Å². The molecule has 1 N–H and O–H groups in total. The summed E-state index contributed by atoms with van der Waals surface area (Å²) in [5.74, 6) is 0.514. The number of carbonyl (C=O) groups excluding carboxylic acids is 1. The van der Waals surface area contributed by atoms with Crippen LogP contribution in [0.5, 0.6) is 0 Å². The molecule has 2 amide bonds. The molecule has 2 aliphatic heterocycles. The van der Waals surface area contributed by atoms with Crippen molar-refractivity contribution in [1.29, 1.82) is 0 Å². The van der Waals surface area contributed by atoms with Gasteiger partial charge in [0.15, 0.2) is 0 Å². The number of anilines is 1. The molecule has 27 heavy (non-hydrogen) atoms. The molecule has 0 aliphatic carbocycles. The van der Waals surface area contributed by atoms with E-state index in [2.05, 4.69) is 11.4 Å². The molecular weight excluding hydrogens is 338 g/mol. The average molecular weight is 363 g/mol. The van der Waals surface area contributed by atoms with Gasteiger partial charge in [-0.25, -0.2) is 4.79 Å². The molecule has 2 aliphatic rings. The fraction of sp³-hybridized carbons (Fsp3) is 0.364. The maximum absolute atomic E-state index is 12.8. The minimum Gasteiger partial charge on any atom is -0.324 e. The van der Waals surface area contributed by atoms with Gasteiger partial charge in [-0.15, -0.1) is 0 Å². The van der Waals surface area contributed by atoms with Gasteiger partial charge in [0, 0.05) is 43.0 Å². The van der Waals surface area contributed by atoms with E-state index in [9.17, 15) is 9.59 Å². The molecule has 1 saturated heterocycles. The van der Waals surface area contributed by atoms with Crippen LogP contribution >= 0.6 is 0 Å². The number of rotatable bonds is 2. The van der Waals surface area contributed by atoms with E-state index in [0.717, 1.165) is 23.4 Å². The standard InChI is InChI=1S/C22H25N3O2/c1-3-4-17-7-10-20(26)25-13-16-11-18(21(17)25)14-24(12-16)22(27)23-19-8-5-15(2)6-9-19/h3-10,16,18H,11-14H2,1-2H3,(H,23,27)/b4-3+/t16-,18+/m0/s1. The van der Waals surface area contributed by atoms with E-state index in [-0.39, 0.29) is 17.5 Å². The summed E-state index contributed by atoms with van der Waals surface area (Å²) in [5.41, 5.74) is 4.20. The van der Waals surface area contributed by atoms with Gasteiger partial charge in [0.1, 0.15) is 0 Å². The van der Waals surface area contributed by atoms with Gasteiger partial charge in [-0.2, -0.15) is 0 Å². The summed E-state index contributed by atoms with van der Waals surface area (Å²) in [6, 6.07) is 11.3. The summed E-state index contributed by atoms with van der Waals surface area (Å²) in [6.07, 6.45) is 5.08. The van der Waals surface area contributed by atoms with Crippen molar-refractivity contribution < 1.29 is 4.79 Å². The van der Waals surface area contributed by atoms with Crippen LogP contribution in [0, 0.1) is 12.8 Å². The Kier molecular flexibility index (Phi) is 4.60. The highest BCUT2D eigenvalue weighted by Gasteiger charge is 2.37. The number of likely N-dealkylation sites (tertiary alicyclic amines) is 1. The molecule has 2 bridgehead atoms.